The van der Waals surface area contributed by atoms with Gasteiger partial charge < -0.3 is 9.88 Å². The van der Waals surface area contributed by atoms with Crippen LogP contribution in [0.4, 0.5) is 0 Å². The molecule has 1 fully saturated rings. The summed E-state index contributed by atoms with van der Waals surface area (Å²) in [4.78, 5) is 16.5. The van der Waals surface area contributed by atoms with Crippen LogP contribution in [0.25, 0.3) is 0 Å². The van der Waals surface area contributed by atoms with Crippen LogP contribution in [0.3, 0.4) is 0 Å². The number of hydrogen-bond donors (Lipinski definition) is 1. The molecule has 1 saturated carbocycles. The third-order valence-corrected chi connectivity index (χ3v) is 3.81. The third kappa shape index (κ3) is 2.70. The normalized spacial score (nSPS) is 15.9. The number of aromatic nitrogens is 2. The van der Waals surface area contributed by atoms with Crippen molar-refractivity contribution in [2.45, 2.75) is 18.9 Å². The van der Waals surface area contributed by atoms with Gasteiger partial charge in [0, 0.05) is 30.4 Å². The molecule has 1 heterocycles. The van der Waals surface area contributed by atoms with E-state index in [1.54, 1.807) is 6.20 Å². The van der Waals surface area contributed by atoms with E-state index in [1.165, 1.54) is 0 Å². The summed E-state index contributed by atoms with van der Waals surface area (Å²) >= 11 is 5.93. The van der Waals surface area contributed by atoms with E-state index in [4.69, 9.17) is 11.6 Å². The smallest absolute Gasteiger partial charge is 0.223 e. The molecule has 0 aliphatic heterocycles. The van der Waals surface area contributed by atoms with Crippen LogP contribution in [0.5, 0.6) is 0 Å². The van der Waals surface area contributed by atoms with Crippen LogP contribution in [-0.2, 0) is 11.8 Å². The van der Waals surface area contributed by atoms with Gasteiger partial charge in [-0.05, 0) is 30.5 Å². The third-order valence-electron chi connectivity index (χ3n) is 3.55. The molecule has 1 aromatic carbocycles. The van der Waals surface area contributed by atoms with Gasteiger partial charge in [0.1, 0.15) is 11.9 Å². The van der Waals surface area contributed by atoms with E-state index in [0.717, 1.165) is 24.2 Å². The molecule has 4 nitrogen and oxygen atoms in total. The molecule has 20 heavy (non-hydrogen) atoms. The van der Waals surface area contributed by atoms with Crippen LogP contribution in [0, 0.1) is 5.92 Å². The molecule has 1 aliphatic carbocycles. The molecular weight excluding hydrogens is 274 g/mol. The first-order valence-electron chi connectivity index (χ1n) is 6.68. The van der Waals surface area contributed by atoms with Crippen molar-refractivity contribution in [3.8, 4) is 0 Å². The Hall–Kier alpha value is -1.81. The van der Waals surface area contributed by atoms with E-state index in [2.05, 4.69) is 10.3 Å². The van der Waals surface area contributed by atoms with Crippen molar-refractivity contribution in [3.05, 3.63) is 53.1 Å². The Bertz CT molecular complexity index is 616. The highest BCUT2D eigenvalue weighted by Crippen LogP contribution is 2.31. The maximum absolute atomic E-state index is 12.1. The zero-order valence-electron chi connectivity index (χ0n) is 11.2. The van der Waals surface area contributed by atoms with Crippen LogP contribution in [-0.4, -0.2) is 15.5 Å². The van der Waals surface area contributed by atoms with Crippen LogP contribution >= 0.6 is 11.6 Å². The molecule has 3 rings (SSSR count). The first-order chi connectivity index (χ1) is 9.65. The van der Waals surface area contributed by atoms with Crippen molar-refractivity contribution in [2.24, 2.45) is 13.0 Å². The molecule has 104 valence electrons. The lowest BCUT2D eigenvalue weighted by atomic mass is 10.1. The Morgan fingerprint density at radius 2 is 2.10 bits per heavy atom. The number of nitrogens with zero attached hydrogens (tertiary/aromatic N) is 2. The summed E-state index contributed by atoms with van der Waals surface area (Å²) in [5, 5.41) is 3.77. The summed E-state index contributed by atoms with van der Waals surface area (Å²) in [6.07, 6.45) is 5.59. The van der Waals surface area contributed by atoms with E-state index in [0.29, 0.717) is 5.02 Å². The van der Waals surface area contributed by atoms with Crippen molar-refractivity contribution in [2.75, 3.05) is 0 Å². The fourth-order valence-corrected chi connectivity index (χ4v) is 2.34. The number of carbonyl (C=O) groups is 1. The second kappa shape index (κ2) is 5.29. The van der Waals surface area contributed by atoms with Gasteiger partial charge in [0.25, 0.3) is 0 Å². The fourth-order valence-electron chi connectivity index (χ4n) is 2.21. The van der Waals surface area contributed by atoms with E-state index < -0.39 is 0 Å². The number of halogens is 1. The number of nitrogens with one attached hydrogen (secondary N) is 1. The highest BCUT2D eigenvalue weighted by molar-refractivity contribution is 6.30. The van der Waals surface area contributed by atoms with E-state index in [-0.39, 0.29) is 17.9 Å². The summed E-state index contributed by atoms with van der Waals surface area (Å²) < 4.78 is 1.92. The Labute approximate surface area is 122 Å². The number of amides is 1. The maximum Gasteiger partial charge on any atom is 0.223 e. The number of hydrogen-bond acceptors (Lipinski definition) is 2. The minimum Gasteiger partial charge on any atom is -0.342 e. The summed E-state index contributed by atoms with van der Waals surface area (Å²) in [6.45, 7) is 0. The van der Waals surface area contributed by atoms with Crippen molar-refractivity contribution in [3.63, 3.8) is 0 Å². The van der Waals surface area contributed by atoms with Gasteiger partial charge in [0.05, 0.1) is 0 Å². The number of benzene rings is 1. The monoisotopic (exact) mass is 289 g/mol. The molecule has 0 saturated heterocycles. The average molecular weight is 290 g/mol. The van der Waals surface area contributed by atoms with E-state index >= 15 is 0 Å². The second-order valence-corrected chi connectivity index (χ2v) is 5.60. The molecule has 1 aliphatic rings. The van der Waals surface area contributed by atoms with Crippen LogP contribution in [0.2, 0.25) is 5.02 Å². The molecule has 1 N–H and O–H groups in total. The lowest BCUT2D eigenvalue weighted by Gasteiger charge is -2.19. The van der Waals surface area contributed by atoms with Gasteiger partial charge >= 0.3 is 0 Å². The highest BCUT2D eigenvalue weighted by atomic mass is 35.5. The standard InChI is InChI=1S/C15H16ClN3O/c1-19-9-8-17-14(19)13(18-15(20)11-2-3-11)10-4-6-12(16)7-5-10/h4-9,11,13H,2-3H2,1H3,(H,18,20)/t13-/m0/s1. The number of rotatable bonds is 4. The Morgan fingerprint density at radius 3 is 2.65 bits per heavy atom. The molecule has 1 amide bonds. The lowest BCUT2D eigenvalue weighted by molar-refractivity contribution is -0.122. The van der Waals surface area contributed by atoms with Crippen molar-refractivity contribution < 1.29 is 4.79 Å². The first-order valence-corrected chi connectivity index (χ1v) is 7.06. The molecule has 0 bridgehead atoms. The van der Waals surface area contributed by atoms with E-state index in [1.807, 2.05) is 42.1 Å². The Kier molecular flexibility index (Phi) is 3.49. The first kappa shape index (κ1) is 13.2. The molecule has 1 atom stereocenters. The minimum absolute atomic E-state index is 0.105. The minimum atomic E-state index is -0.236. The predicted octanol–water partition coefficient (Wildman–Crippen LogP) is 2.69. The summed E-state index contributed by atoms with van der Waals surface area (Å²) in [7, 11) is 1.93. The van der Waals surface area contributed by atoms with Crippen LogP contribution in [0.15, 0.2) is 36.7 Å². The van der Waals surface area contributed by atoms with Crippen molar-refractivity contribution in [1.29, 1.82) is 0 Å². The summed E-state index contributed by atoms with van der Waals surface area (Å²) in [5.41, 5.74) is 0.984. The molecular formula is C15H16ClN3O. The van der Waals surface area contributed by atoms with Gasteiger partial charge in [-0.2, -0.15) is 0 Å². The maximum atomic E-state index is 12.1. The zero-order valence-corrected chi connectivity index (χ0v) is 12.0. The topological polar surface area (TPSA) is 46.9 Å². The molecule has 0 radical (unpaired) electrons. The number of imidazole rings is 1. The summed E-state index contributed by atoms with van der Waals surface area (Å²) in [5.74, 6) is 1.10. The SMILES string of the molecule is Cn1ccnc1[C@@H](NC(=O)C1CC1)c1ccc(Cl)cc1. The largest absolute Gasteiger partial charge is 0.342 e. The van der Waals surface area contributed by atoms with Gasteiger partial charge in [0.2, 0.25) is 5.91 Å². The second-order valence-electron chi connectivity index (χ2n) is 5.16. The zero-order chi connectivity index (χ0) is 14.1. The summed E-state index contributed by atoms with van der Waals surface area (Å²) in [6, 6.07) is 7.27. The molecule has 2 aromatic rings. The number of aryl methyl sites for hydroxylation is 1. The average Bonchev–Trinajstić information content (AvgIpc) is 3.20. The van der Waals surface area contributed by atoms with Gasteiger partial charge in [-0.25, -0.2) is 4.98 Å². The van der Waals surface area contributed by atoms with Gasteiger partial charge in [-0.1, -0.05) is 23.7 Å². The predicted molar refractivity (Wildman–Crippen MR) is 77.4 cm³/mol. The van der Waals surface area contributed by atoms with Crippen molar-refractivity contribution in [1.82, 2.24) is 14.9 Å². The molecule has 5 heteroatoms. The van der Waals surface area contributed by atoms with E-state index in [9.17, 15) is 4.79 Å². The molecule has 0 unspecified atom stereocenters. The van der Waals surface area contributed by atoms with Crippen LogP contribution in [0.1, 0.15) is 30.3 Å². The Morgan fingerprint density at radius 1 is 1.40 bits per heavy atom. The van der Waals surface area contributed by atoms with Crippen molar-refractivity contribution >= 4 is 17.5 Å². The molecule has 0 spiro atoms. The number of carbonyl (C=O) groups excluding carboxylic acids is 1. The quantitative estimate of drug-likeness (QED) is 0.941. The van der Waals surface area contributed by atoms with Gasteiger partial charge in [-0.3, -0.25) is 4.79 Å². The highest BCUT2D eigenvalue weighted by Gasteiger charge is 2.32. The van der Waals surface area contributed by atoms with Crippen LogP contribution < -0.4 is 5.32 Å². The lowest BCUT2D eigenvalue weighted by Crippen LogP contribution is -2.32. The fraction of sp³-hybridized carbons (Fsp3) is 0.333. The van der Waals surface area contributed by atoms with Gasteiger partial charge in [0.15, 0.2) is 0 Å². The van der Waals surface area contributed by atoms with Gasteiger partial charge in [-0.15, -0.1) is 0 Å². The Balaban J connectivity index is 1.92. The molecule has 1 aromatic heterocycles.